The molecule has 1 N–H and O–H groups in total. The van der Waals surface area contributed by atoms with Gasteiger partial charge in [-0.1, -0.05) is 0 Å². The highest BCUT2D eigenvalue weighted by Crippen LogP contribution is 2.29. The van der Waals surface area contributed by atoms with Crippen molar-refractivity contribution in [1.82, 2.24) is 14.1 Å². The fourth-order valence-corrected chi connectivity index (χ4v) is 3.16. The van der Waals surface area contributed by atoms with Crippen molar-refractivity contribution in [2.75, 3.05) is 18.5 Å². The molecule has 0 aliphatic heterocycles. The van der Waals surface area contributed by atoms with E-state index in [1.807, 2.05) is 13.8 Å². The van der Waals surface area contributed by atoms with Gasteiger partial charge in [0, 0.05) is 25.9 Å². The molecule has 3 aromatic rings. The van der Waals surface area contributed by atoms with Gasteiger partial charge in [-0.15, -0.1) is 0 Å². The van der Waals surface area contributed by atoms with Crippen molar-refractivity contribution in [3.63, 3.8) is 0 Å². The maximum Gasteiger partial charge on any atom is 0.332 e. The monoisotopic (exact) mass is 412 g/mol. The summed E-state index contributed by atoms with van der Waals surface area (Å²) in [5.74, 6) is 0.581. The number of pyridine rings is 1. The molecule has 0 saturated heterocycles. The first kappa shape index (κ1) is 21.1. The number of hydrogen-bond donors (Lipinski definition) is 1. The number of anilines is 1. The Balaban J connectivity index is 2.10. The minimum Gasteiger partial charge on any atom is -0.490 e. The average molecular weight is 412 g/mol. The zero-order valence-electron chi connectivity index (χ0n) is 17.6. The van der Waals surface area contributed by atoms with Crippen LogP contribution in [0, 0.1) is 6.92 Å². The number of carbonyl (C=O) groups excluding carboxylic acids is 1. The molecule has 1 amide bonds. The van der Waals surface area contributed by atoms with E-state index in [2.05, 4.69) is 10.3 Å². The molecule has 2 heterocycles. The summed E-state index contributed by atoms with van der Waals surface area (Å²) in [7, 11) is 2.91. The minimum atomic E-state index is -0.527. The summed E-state index contributed by atoms with van der Waals surface area (Å²) in [6.07, 6.45) is 1.51. The second kappa shape index (κ2) is 8.40. The fraction of sp³-hybridized carbons (Fsp3) is 0.333. The Morgan fingerprint density at radius 3 is 2.40 bits per heavy atom. The molecule has 9 nitrogen and oxygen atoms in total. The van der Waals surface area contributed by atoms with E-state index in [1.54, 1.807) is 25.1 Å². The van der Waals surface area contributed by atoms with Gasteiger partial charge in [0.1, 0.15) is 5.39 Å². The smallest absolute Gasteiger partial charge is 0.332 e. The van der Waals surface area contributed by atoms with Gasteiger partial charge in [-0.3, -0.25) is 18.7 Å². The van der Waals surface area contributed by atoms with Crippen LogP contribution < -0.4 is 26.0 Å². The number of benzene rings is 1. The van der Waals surface area contributed by atoms with E-state index in [4.69, 9.17) is 9.47 Å². The summed E-state index contributed by atoms with van der Waals surface area (Å²) in [6.45, 7) is 6.33. The molecular formula is C21H24N4O5. The molecule has 30 heavy (non-hydrogen) atoms. The first-order valence-corrected chi connectivity index (χ1v) is 9.56. The highest BCUT2D eigenvalue weighted by atomic mass is 16.5. The Morgan fingerprint density at radius 2 is 1.73 bits per heavy atom. The number of rotatable bonds is 6. The number of aromatic nitrogens is 3. The number of amides is 1. The molecule has 0 aliphatic rings. The lowest BCUT2D eigenvalue weighted by molar-refractivity contribution is 0.102. The molecule has 0 spiro atoms. The standard InChI is InChI=1S/C21H24N4O5/c1-6-29-14-9-8-13(10-15(14)30-7-2)19(26)23-17-12(3)11-22-18-16(17)20(27)25(5)21(28)24(18)4/h8-11H,6-7H2,1-5H3,(H,22,23,26). The lowest BCUT2D eigenvalue weighted by Gasteiger charge is -2.15. The third kappa shape index (κ3) is 3.66. The number of fused-ring (bicyclic) bond motifs is 1. The van der Waals surface area contributed by atoms with Gasteiger partial charge in [0.25, 0.3) is 11.5 Å². The van der Waals surface area contributed by atoms with Gasteiger partial charge in [0.15, 0.2) is 17.1 Å². The molecule has 0 radical (unpaired) electrons. The normalized spacial score (nSPS) is 10.8. The second-order valence-electron chi connectivity index (χ2n) is 6.70. The van der Waals surface area contributed by atoms with E-state index < -0.39 is 17.2 Å². The maximum absolute atomic E-state index is 13.0. The molecule has 0 bridgehead atoms. The molecule has 0 fully saturated rings. The molecule has 9 heteroatoms. The second-order valence-corrected chi connectivity index (χ2v) is 6.70. The van der Waals surface area contributed by atoms with Gasteiger partial charge in [-0.25, -0.2) is 9.78 Å². The lowest BCUT2D eigenvalue weighted by Crippen LogP contribution is -2.37. The van der Waals surface area contributed by atoms with Crippen molar-refractivity contribution in [3.8, 4) is 11.5 Å². The van der Waals surface area contributed by atoms with E-state index >= 15 is 0 Å². The average Bonchev–Trinajstić information content (AvgIpc) is 2.73. The molecule has 2 aromatic heterocycles. The van der Waals surface area contributed by atoms with Gasteiger partial charge in [0.2, 0.25) is 0 Å². The van der Waals surface area contributed by atoms with Crippen LogP contribution in [-0.4, -0.2) is 33.2 Å². The number of nitrogens with one attached hydrogen (secondary N) is 1. The number of nitrogens with zero attached hydrogens (tertiary/aromatic N) is 3. The predicted octanol–water partition coefficient (Wildman–Crippen LogP) is 1.99. The summed E-state index contributed by atoms with van der Waals surface area (Å²) < 4.78 is 13.4. The van der Waals surface area contributed by atoms with E-state index in [1.165, 1.54) is 24.9 Å². The van der Waals surface area contributed by atoms with Crippen molar-refractivity contribution in [1.29, 1.82) is 0 Å². The molecule has 0 atom stereocenters. The number of carbonyl (C=O) groups is 1. The molecule has 158 valence electrons. The van der Waals surface area contributed by atoms with Crippen LogP contribution in [0.5, 0.6) is 11.5 Å². The number of hydrogen-bond acceptors (Lipinski definition) is 6. The van der Waals surface area contributed by atoms with E-state index in [9.17, 15) is 14.4 Å². The first-order valence-electron chi connectivity index (χ1n) is 9.56. The lowest BCUT2D eigenvalue weighted by atomic mass is 10.1. The van der Waals surface area contributed by atoms with Crippen LogP contribution in [0.3, 0.4) is 0 Å². The van der Waals surface area contributed by atoms with Gasteiger partial charge in [0.05, 0.1) is 18.9 Å². The summed E-state index contributed by atoms with van der Waals surface area (Å²) in [4.78, 5) is 42.2. The van der Waals surface area contributed by atoms with Crippen molar-refractivity contribution in [3.05, 3.63) is 56.4 Å². The Bertz CT molecular complexity index is 1240. The molecule has 3 rings (SSSR count). The molecule has 0 saturated carbocycles. The van der Waals surface area contributed by atoms with Gasteiger partial charge < -0.3 is 14.8 Å². The third-order valence-electron chi connectivity index (χ3n) is 4.70. The Labute approximate surface area is 172 Å². The maximum atomic E-state index is 13.0. The van der Waals surface area contributed by atoms with Crippen molar-refractivity contribution < 1.29 is 14.3 Å². The summed E-state index contributed by atoms with van der Waals surface area (Å²) in [5.41, 5.74) is 0.435. The van der Waals surface area contributed by atoms with E-state index in [0.717, 1.165) is 4.57 Å². The highest BCUT2D eigenvalue weighted by Gasteiger charge is 2.19. The van der Waals surface area contributed by atoms with Crippen LogP contribution >= 0.6 is 0 Å². The van der Waals surface area contributed by atoms with Crippen LogP contribution in [0.1, 0.15) is 29.8 Å². The fourth-order valence-electron chi connectivity index (χ4n) is 3.16. The molecule has 0 aliphatic carbocycles. The zero-order valence-corrected chi connectivity index (χ0v) is 17.6. The van der Waals surface area contributed by atoms with Crippen molar-refractivity contribution in [2.45, 2.75) is 20.8 Å². The third-order valence-corrected chi connectivity index (χ3v) is 4.70. The Morgan fingerprint density at radius 1 is 1.07 bits per heavy atom. The zero-order chi connectivity index (χ0) is 22.0. The van der Waals surface area contributed by atoms with Crippen molar-refractivity contribution >= 4 is 22.6 Å². The summed E-state index contributed by atoms with van der Waals surface area (Å²) in [6, 6.07) is 4.88. The number of aryl methyl sites for hydroxylation is 2. The van der Waals surface area contributed by atoms with E-state index in [-0.39, 0.29) is 11.0 Å². The SMILES string of the molecule is CCOc1ccc(C(=O)Nc2c(C)cnc3c2c(=O)n(C)c(=O)n3C)cc1OCC. The molecule has 1 aromatic carbocycles. The predicted molar refractivity (Wildman–Crippen MR) is 114 cm³/mol. The highest BCUT2D eigenvalue weighted by molar-refractivity contribution is 6.09. The van der Waals surface area contributed by atoms with Crippen LogP contribution in [0.4, 0.5) is 5.69 Å². The van der Waals surface area contributed by atoms with Crippen molar-refractivity contribution in [2.24, 2.45) is 14.1 Å². The van der Waals surface area contributed by atoms with Crippen LogP contribution in [0.25, 0.3) is 11.0 Å². The largest absolute Gasteiger partial charge is 0.490 e. The quantitative estimate of drug-likeness (QED) is 0.664. The molecular weight excluding hydrogens is 388 g/mol. The summed E-state index contributed by atoms with van der Waals surface area (Å²) >= 11 is 0. The minimum absolute atomic E-state index is 0.170. The summed E-state index contributed by atoms with van der Waals surface area (Å²) in [5, 5.41) is 2.97. The van der Waals surface area contributed by atoms with Gasteiger partial charge in [-0.2, -0.15) is 0 Å². The Kier molecular flexibility index (Phi) is 5.91. The van der Waals surface area contributed by atoms with Gasteiger partial charge in [-0.05, 0) is 44.5 Å². The first-order chi connectivity index (χ1) is 14.3. The molecule has 0 unspecified atom stereocenters. The van der Waals surface area contributed by atoms with Crippen LogP contribution in [0.2, 0.25) is 0 Å². The topological polar surface area (TPSA) is 104 Å². The number of ether oxygens (including phenoxy) is 2. The Hall–Kier alpha value is -3.62. The van der Waals surface area contributed by atoms with E-state index in [0.29, 0.717) is 41.5 Å². The van der Waals surface area contributed by atoms with Gasteiger partial charge >= 0.3 is 5.69 Å². The van der Waals surface area contributed by atoms with Crippen LogP contribution in [0.15, 0.2) is 34.0 Å². The van der Waals surface area contributed by atoms with Crippen LogP contribution in [-0.2, 0) is 14.1 Å².